The maximum Gasteiger partial charge on any atom is 0.149 e. The lowest BCUT2D eigenvalue weighted by molar-refractivity contribution is 0.580. The van der Waals surface area contributed by atoms with Crippen LogP contribution in [-0.2, 0) is 0 Å². The highest BCUT2D eigenvalue weighted by Gasteiger charge is 2.23. The zero-order chi connectivity index (χ0) is 14.1. The molecule has 20 heavy (non-hydrogen) atoms. The number of fused-ring (bicyclic) bond motifs is 1. The average molecular weight is 312 g/mol. The molecule has 0 fully saturated rings. The summed E-state index contributed by atoms with van der Waals surface area (Å²) < 4.78 is 27.5. The Bertz CT molecular complexity index is 628. The van der Waals surface area contributed by atoms with E-state index in [0.29, 0.717) is 5.02 Å². The van der Waals surface area contributed by atoms with E-state index in [2.05, 4.69) is 5.32 Å². The van der Waals surface area contributed by atoms with Crippen molar-refractivity contribution in [3.63, 3.8) is 0 Å². The Balaban J connectivity index is 1.95. The van der Waals surface area contributed by atoms with Crippen LogP contribution in [0.25, 0.3) is 0 Å². The molecule has 1 aliphatic heterocycles. The highest BCUT2D eigenvalue weighted by molar-refractivity contribution is 7.99. The Labute approximate surface area is 125 Å². The van der Waals surface area contributed by atoms with E-state index in [1.807, 2.05) is 18.2 Å². The highest BCUT2D eigenvalue weighted by atomic mass is 35.5. The molecule has 0 aliphatic carbocycles. The van der Waals surface area contributed by atoms with Gasteiger partial charge >= 0.3 is 0 Å². The van der Waals surface area contributed by atoms with Crippen molar-refractivity contribution in [1.29, 1.82) is 0 Å². The van der Waals surface area contributed by atoms with Crippen molar-refractivity contribution in [2.45, 2.75) is 17.4 Å². The van der Waals surface area contributed by atoms with E-state index < -0.39 is 11.6 Å². The van der Waals surface area contributed by atoms with Crippen LogP contribution in [0.2, 0.25) is 5.02 Å². The van der Waals surface area contributed by atoms with Crippen LogP contribution < -0.4 is 5.32 Å². The maximum atomic E-state index is 13.7. The van der Waals surface area contributed by atoms with E-state index in [4.69, 9.17) is 11.6 Å². The molecule has 1 nitrogen and oxygen atoms in total. The third kappa shape index (κ3) is 2.63. The molecule has 2 aromatic carbocycles. The number of benzene rings is 2. The van der Waals surface area contributed by atoms with Crippen molar-refractivity contribution in [3.8, 4) is 0 Å². The lowest BCUT2D eigenvalue weighted by Crippen LogP contribution is -2.17. The van der Waals surface area contributed by atoms with Crippen LogP contribution in [0.5, 0.6) is 0 Å². The summed E-state index contributed by atoms with van der Waals surface area (Å²) in [5.74, 6) is -0.249. The molecule has 0 spiro atoms. The zero-order valence-electron chi connectivity index (χ0n) is 10.5. The Hall–Kier alpha value is -1.26. The van der Waals surface area contributed by atoms with Crippen LogP contribution in [0.15, 0.2) is 41.3 Å². The van der Waals surface area contributed by atoms with Gasteiger partial charge in [0, 0.05) is 15.7 Å². The fraction of sp³-hybridized carbons (Fsp3) is 0.200. The summed E-state index contributed by atoms with van der Waals surface area (Å²) in [6.07, 6.45) is 0.797. The van der Waals surface area contributed by atoms with Gasteiger partial charge in [0.05, 0.1) is 6.04 Å². The van der Waals surface area contributed by atoms with E-state index in [1.54, 1.807) is 11.8 Å². The number of nitrogens with one attached hydrogen (secondary N) is 1. The van der Waals surface area contributed by atoms with Gasteiger partial charge in [-0.1, -0.05) is 17.7 Å². The van der Waals surface area contributed by atoms with Crippen molar-refractivity contribution in [2.24, 2.45) is 0 Å². The summed E-state index contributed by atoms with van der Waals surface area (Å²) in [5.41, 5.74) is 0.923. The van der Waals surface area contributed by atoms with Crippen LogP contribution in [0.4, 0.5) is 14.5 Å². The molecule has 104 valence electrons. The zero-order valence-corrected chi connectivity index (χ0v) is 12.1. The van der Waals surface area contributed by atoms with Crippen LogP contribution >= 0.6 is 23.4 Å². The first kappa shape index (κ1) is 13.7. The molecule has 1 aliphatic rings. The molecule has 3 rings (SSSR count). The summed E-state index contributed by atoms with van der Waals surface area (Å²) in [7, 11) is 0. The predicted octanol–water partition coefficient (Wildman–Crippen LogP) is 5.27. The van der Waals surface area contributed by atoms with E-state index in [1.165, 1.54) is 18.2 Å². The number of rotatable bonds is 2. The second-order valence-corrected chi connectivity index (χ2v) is 6.19. The molecule has 1 atom stereocenters. The van der Waals surface area contributed by atoms with Gasteiger partial charge in [-0.15, -0.1) is 11.8 Å². The lowest BCUT2D eigenvalue weighted by atomic mass is 10.0. The maximum absolute atomic E-state index is 13.7. The van der Waals surface area contributed by atoms with Crippen LogP contribution in [0.1, 0.15) is 18.0 Å². The fourth-order valence-electron chi connectivity index (χ4n) is 2.33. The molecule has 1 unspecified atom stereocenters. The molecular weight excluding hydrogens is 300 g/mol. The smallest absolute Gasteiger partial charge is 0.149 e. The summed E-state index contributed by atoms with van der Waals surface area (Å²) in [6, 6.07) is 9.38. The van der Waals surface area contributed by atoms with Crippen molar-refractivity contribution in [1.82, 2.24) is 0 Å². The van der Waals surface area contributed by atoms with Gasteiger partial charge in [0.1, 0.15) is 17.3 Å². The van der Waals surface area contributed by atoms with E-state index >= 15 is 0 Å². The normalized spacial score (nSPS) is 17.6. The van der Waals surface area contributed by atoms with Crippen molar-refractivity contribution < 1.29 is 8.78 Å². The molecule has 0 saturated heterocycles. The number of halogens is 3. The molecule has 5 heteroatoms. The van der Waals surface area contributed by atoms with Crippen molar-refractivity contribution in [3.05, 3.63) is 58.6 Å². The second-order valence-electron chi connectivity index (χ2n) is 4.61. The molecule has 0 bridgehead atoms. The second kappa shape index (κ2) is 5.62. The van der Waals surface area contributed by atoms with E-state index in [9.17, 15) is 8.78 Å². The van der Waals surface area contributed by atoms with Crippen LogP contribution in [0.3, 0.4) is 0 Å². The molecular formula is C15H12ClF2NS. The first-order valence-corrected chi connectivity index (χ1v) is 7.64. The third-order valence-electron chi connectivity index (χ3n) is 3.29. The van der Waals surface area contributed by atoms with Gasteiger partial charge in [-0.05, 0) is 42.3 Å². The van der Waals surface area contributed by atoms with Gasteiger partial charge in [0.2, 0.25) is 0 Å². The summed E-state index contributed by atoms with van der Waals surface area (Å²) >= 11 is 7.76. The lowest BCUT2D eigenvalue weighted by Gasteiger charge is -2.27. The Morgan fingerprint density at radius 2 is 1.90 bits per heavy atom. The first-order chi connectivity index (χ1) is 9.65. The summed E-state index contributed by atoms with van der Waals surface area (Å²) in [5, 5.41) is 3.61. The molecule has 0 aromatic heterocycles. The minimum atomic E-state index is -0.577. The van der Waals surface area contributed by atoms with Gasteiger partial charge in [-0.25, -0.2) is 8.78 Å². The van der Waals surface area contributed by atoms with Gasteiger partial charge in [-0.2, -0.15) is 0 Å². The van der Waals surface area contributed by atoms with Gasteiger partial charge < -0.3 is 5.32 Å². The highest BCUT2D eigenvalue weighted by Crippen LogP contribution is 2.39. The predicted molar refractivity (Wildman–Crippen MR) is 79.5 cm³/mol. The number of anilines is 1. The largest absolute Gasteiger partial charge is 0.373 e. The van der Waals surface area contributed by atoms with Crippen LogP contribution in [-0.4, -0.2) is 5.75 Å². The molecule has 0 radical (unpaired) electrons. The van der Waals surface area contributed by atoms with Crippen molar-refractivity contribution in [2.75, 3.05) is 11.1 Å². The number of para-hydroxylation sites is 1. The minimum absolute atomic E-state index is 0.0738. The number of hydrogen-bond donors (Lipinski definition) is 1. The summed E-state index contributed by atoms with van der Waals surface area (Å²) in [4.78, 5) is 1.11. The van der Waals surface area contributed by atoms with Gasteiger partial charge in [0.15, 0.2) is 0 Å². The van der Waals surface area contributed by atoms with Gasteiger partial charge in [-0.3, -0.25) is 0 Å². The van der Waals surface area contributed by atoms with E-state index in [-0.39, 0.29) is 11.7 Å². The molecule has 1 N–H and O–H groups in total. The molecule has 2 aromatic rings. The summed E-state index contributed by atoms with van der Waals surface area (Å²) in [6.45, 7) is 0. The van der Waals surface area contributed by atoms with Crippen molar-refractivity contribution >= 4 is 29.1 Å². The number of hydrogen-bond acceptors (Lipinski definition) is 2. The molecule has 1 heterocycles. The topological polar surface area (TPSA) is 12.0 Å². The number of thioether (sulfide) groups is 1. The monoisotopic (exact) mass is 311 g/mol. The Morgan fingerprint density at radius 1 is 1.15 bits per heavy atom. The SMILES string of the molecule is Fc1cccc(F)c1NC1CCSc2ccc(Cl)cc21. The fourth-order valence-corrected chi connectivity index (χ4v) is 3.61. The van der Waals surface area contributed by atoms with E-state index in [0.717, 1.165) is 22.6 Å². The Morgan fingerprint density at radius 3 is 2.65 bits per heavy atom. The molecule has 0 amide bonds. The average Bonchev–Trinajstić information content (AvgIpc) is 2.43. The standard InChI is InChI=1S/C15H12ClF2NS/c16-9-4-5-14-10(8-9)13(6-7-20-14)19-15-11(17)2-1-3-12(15)18/h1-5,8,13,19H,6-7H2. The minimum Gasteiger partial charge on any atom is -0.373 e. The Kier molecular flexibility index (Phi) is 3.85. The van der Waals surface area contributed by atoms with Gasteiger partial charge in [0.25, 0.3) is 0 Å². The third-order valence-corrected chi connectivity index (χ3v) is 4.65. The molecule has 0 saturated carbocycles. The quantitative estimate of drug-likeness (QED) is 0.811. The first-order valence-electron chi connectivity index (χ1n) is 6.28. The van der Waals surface area contributed by atoms with Crippen LogP contribution in [0, 0.1) is 11.6 Å².